The fourth-order valence-electron chi connectivity index (χ4n) is 13.8. The van der Waals surface area contributed by atoms with E-state index in [4.69, 9.17) is 0 Å². The fraction of sp³-hybridized carbons (Fsp3) is 0.154. The summed E-state index contributed by atoms with van der Waals surface area (Å²) in [4.78, 5) is 5.46. The van der Waals surface area contributed by atoms with Gasteiger partial charge in [0.1, 0.15) is 0 Å². The molecular weight excluding hydrogens is 1030 g/mol. The van der Waals surface area contributed by atoms with Crippen LogP contribution < -0.4 is 36.6 Å². The minimum Gasteiger partial charge on any atom is -0.310 e. The first-order chi connectivity index (χ1) is 40.5. The van der Waals surface area contributed by atoms with Gasteiger partial charge in [-0.1, -0.05) is 299 Å². The summed E-state index contributed by atoms with van der Waals surface area (Å²) in [6.07, 6.45) is 6.14. The molecule has 2 aliphatic heterocycles. The van der Waals surface area contributed by atoms with Crippen molar-refractivity contribution in [3.8, 4) is 66.8 Å². The highest BCUT2D eigenvalue weighted by atomic mass is 28.3. The van der Waals surface area contributed by atoms with Crippen LogP contribution in [0.25, 0.3) is 66.8 Å². The zero-order valence-electron chi connectivity index (χ0n) is 48.8. The number of rotatable bonds is 11. The molecule has 0 atom stereocenters. The van der Waals surface area contributed by atoms with Gasteiger partial charge >= 0.3 is 0 Å². The molecule has 5 heteroatoms. The number of hydrogen-bond acceptors (Lipinski definition) is 2. The topological polar surface area (TPSA) is 6.48 Å². The maximum atomic E-state index is 2.73. The molecule has 404 valence electrons. The average Bonchev–Trinajstić information content (AvgIpc) is 1.53. The lowest BCUT2D eigenvalue weighted by Gasteiger charge is -2.46. The molecule has 0 N–H and O–H groups in total. The lowest BCUT2D eigenvalue weighted by atomic mass is 9.33. The summed E-state index contributed by atoms with van der Waals surface area (Å²) < 4.78 is 0. The smallest absolute Gasteiger partial charge is 0.252 e. The van der Waals surface area contributed by atoms with Crippen molar-refractivity contribution in [2.24, 2.45) is 0 Å². The Hall–Kier alpha value is -8.48. The Labute approximate surface area is 494 Å². The molecule has 1 aliphatic carbocycles. The molecule has 0 spiro atoms. The second-order valence-electron chi connectivity index (χ2n) is 25.5. The van der Waals surface area contributed by atoms with Crippen molar-refractivity contribution < 1.29 is 0 Å². The van der Waals surface area contributed by atoms with E-state index in [-0.39, 0.29) is 6.71 Å². The van der Waals surface area contributed by atoms with Gasteiger partial charge in [-0.05, 0) is 109 Å². The average molecular weight is 1100 g/mol. The zero-order valence-corrected chi connectivity index (χ0v) is 50.8. The highest BCUT2D eigenvalue weighted by Crippen LogP contribution is 2.54. The van der Waals surface area contributed by atoms with Gasteiger partial charge in [0.15, 0.2) is 0 Å². The maximum Gasteiger partial charge on any atom is 0.252 e. The van der Waals surface area contributed by atoms with Gasteiger partial charge in [-0.25, -0.2) is 0 Å². The Morgan fingerprint density at radius 2 is 0.651 bits per heavy atom. The maximum absolute atomic E-state index is 2.73. The third-order valence-electron chi connectivity index (χ3n) is 18.1. The lowest BCUT2D eigenvalue weighted by Crippen LogP contribution is -2.61. The SMILES string of the molecule is C[Si](C)(C)c1cccc(-c2ccc3c(c2)B2c4cc(-c5cccc([Si](C)(C)C)c5)ccc4N(c4c(-c5ccccc5)cccc4-c4ccccc4)c4cc(C5CCCCC5)cc(c42)N3c2c(-c3ccccc3)cccc2-c2ccccc2)c1. The number of anilines is 6. The number of hydrogen-bond donors (Lipinski definition) is 0. The van der Waals surface area contributed by atoms with E-state index in [2.05, 4.69) is 304 Å². The molecule has 2 heterocycles. The van der Waals surface area contributed by atoms with E-state index in [1.165, 1.54) is 165 Å². The second kappa shape index (κ2) is 21.4. The molecule has 2 nitrogen and oxygen atoms in total. The summed E-state index contributed by atoms with van der Waals surface area (Å²) in [7, 11) is -3.31. The molecule has 1 saturated carbocycles. The molecular formula is C78H71BN2Si2. The summed E-state index contributed by atoms with van der Waals surface area (Å²) in [5.74, 6) is 0.424. The van der Waals surface area contributed by atoms with Crippen LogP contribution in [0.5, 0.6) is 0 Å². The molecule has 11 aromatic rings. The monoisotopic (exact) mass is 1100 g/mol. The third kappa shape index (κ3) is 9.64. The molecule has 0 saturated heterocycles. The summed E-state index contributed by atoms with van der Waals surface area (Å²) >= 11 is 0. The predicted octanol–water partition coefficient (Wildman–Crippen LogP) is 18.9. The van der Waals surface area contributed by atoms with Crippen LogP contribution in [-0.2, 0) is 0 Å². The van der Waals surface area contributed by atoms with E-state index in [1.807, 2.05) is 0 Å². The molecule has 14 rings (SSSR count). The Kier molecular flexibility index (Phi) is 13.5. The van der Waals surface area contributed by atoms with Crippen LogP contribution in [0.2, 0.25) is 39.3 Å². The largest absolute Gasteiger partial charge is 0.310 e. The first kappa shape index (κ1) is 52.6. The highest BCUT2D eigenvalue weighted by Gasteiger charge is 2.46. The number of nitrogens with zero attached hydrogens (tertiary/aromatic N) is 2. The molecule has 0 unspecified atom stereocenters. The van der Waals surface area contributed by atoms with E-state index >= 15 is 0 Å². The van der Waals surface area contributed by atoms with E-state index in [1.54, 1.807) is 0 Å². The van der Waals surface area contributed by atoms with Crippen LogP contribution in [0.15, 0.2) is 255 Å². The van der Waals surface area contributed by atoms with E-state index in [0.29, 0.717) is 5.92 Å². The molecule has 1 fully saturated rings. The highest BCUT2D eigenvalue weighted by molar-refractivity contribution is 7.00. The fourth-order valence-corrected chi connectivity index (χ4v) is 16.2. The van der Waals surface area contributed by atoms with Crippen molar-refractivity contribution in [1.82, 2.24) is 0 Å². The van der Waals surface area contributed by atoms with Crippen molar-refractivity contribution >= 4 is 83.7 Å². The van der Waals surface area contributed by atoms with Gasteiger partial charge in [0.05, 0.1) is 27.5 Å². The van der Waals surface area contributed by atoms with Gasteiger partial charge in [-0.2, -0.15) is 0 Å². The van der Waals surface area contributed by atoms with E-state index < -0.39 is 16.1 Å². The Morgan fingerprint density at radius 1 is 0.313 bits per heavy atom. The van der Waals surface area contributed by atoms with Gasteiger partial charge in [0, 0.05) is 45.0 Å². The normalized spacial score (nSPS) is 14.0. The predicted molar refractivity (Wildman–Crippen MR) is 365 cm³/mol. The van der Waals surface area contributed by atoms with Crippen molar-refractivity contribution in [2.75, 3.05) is 9.80 Å². The quantitative estimate of drug-likeness (QED) is 0.119. The Morgan fingerprint density at radius 3 is 1.01 bits per heavy atom. The van der Waals surface area contributed by atoms with Crippen molar-refractivity contribution in [3.05, 3.63) is 260 Å². The minimum atomic E-state index is -1.66. The summed E-state index contributed by atoms with van der Waals surface area (Å²) in [6, 6.07) is 97.8. The van der Waals surface area contributed by atoms with E-state index in [9.17, 15) is 0 Å². The summed E-state index contributed by atoms with van der Waals surface area (Å²) in [5.41, 5.74) is 27.4. The van der Waals surface area contributed by atoms with Gasteiger partial charge in [0.25, 0.3) is 6.71 Å². The van der Waals surface area contributed by atoms with Gasteiger partial charge in [-0.15, -0.1) is 0 Å². The zero-order chi connectivity index (χ0) is 56.4. The molecule has 0 amide bonds. The third-order valence-corrected chi connectivity index (χ3v) is 22.2. The van der Waals surface area contributed by atoms with Crippen LogP contribution in [0.4, 0.5) is 34.1 Å². The molecule has 11 aromatic carbocycles. The molecule has 0 aromatic heterocycles. The van der Waals surface area contributed by atoms with Crippen molar-refractivity contribution in [2.45, 2.75) is 77.3 Å². The van der Waals surface area contributed by atoms with Crippen LogP contribution in [0.1, 0.15) is 43.6 Å². The first-order valence-electron chi connectivity index (χ1n) is 30.2. The summed E-state index contributed by atoms with van der Waals surface area (Å²) in [6.45, 7) is 14.7. The van der Waals surface area contributed by atoms with Gasteiger partial charge in [0.2, 0.25) is 0 Å². The molecule has 0 radical (unpaired) electrons. The lowest BCUT2D eigenvalue weighted by molar-refractivity contribution is 0.444. The minimum absolute atomic E-state index is 0.119. The van der Waals surface area contributed by atoms with Gasteiger partial charge in [-0.3, -0.25) is 0 Å². The number of fused-ring (bicyclic) bond motifs is 4. The summed E-state index contributed by atoms with van der Waals surface area (Å²) in [5, 5.41) is 2.94. The number of benzene rings is 11. The standard InChI is InChI=1S/C78H71BN2Si2/c1-82(2,3)64-38-22-36-59(48-64)61-44-46-72-70(50-61)79-71-51-62(60-37-23-39-65(49-60)83(4,5)6)45-47-73(71)81(78-68(57-32-18-10-19-33-57)42-25-43-69(78)58-34-20-11-21-35-58)75-53-63(54-26-12-7-13-27-54)52-74(76(75)79)80(72)77-66(55-28-14-8-15-29-55)40-24-41-67(77)56-30-16-9-17-31-56/h8-11,14-25,28-54H,7,12-13,26-27H2,1-6H3. The number of para-hydroxylation sites is 2. The van der Waals surface area contributed by atoms with Crippen LogP contribution >= 0.6 is 0 Å². The first-order valence-corrected chi connectivity index (χ1v) is 37.2. The van der Waals surface area contributed by atoms with E-state index in [0.717, 1.165) is 0 Å². The molecule has 3 aliphatic rings. The van der Waals surface area contributed by atoms with Crippen molar-refractivity contribution in [3.63, 3.8) is 0 Å². The van der Waals surface area contributed by atoms with Gasteiger partial charge < -0.3 is 9.80 Å². The van der Waals surface area contributed by atoms with Crippen LogP contribution in [0.3, 0.4) is 0 Å². The molecule has 0 bridgehead atoms. The van der Waals surface area contributed by atoms with Crippen LogP contribution in [-0.4, -0.2) is 22.9 Å². The second-order valence-corrected chi connectivity index (χ2v) is 35.6. The van der Waals surface area contributed by atoms with Crippen molar-refractivity contribution in [1.29, 1.82) is 0 Å². The Balaban J connectivity index is 1.16. The molecule has 83 heavy (non-hydrogen) atoms. The van der Waals surface area contributed by atoms with Crippen LogP contribution in [0, 0.1) is 0 Å². The Bertz CT molecular complexity index is 3840.